The number of anilines is 6. The van der Waals surface area contributed by atoms with Crippen molar-refractivity contribution in [2.24, 2.45) is 0 Å². The van der Waals surface area contributed by atoms with Gasteiger partial charge in [-0.3, -0.25) is 4.90 Å². The van der Waals surface area contributed by atoms with Gasteiger partial charge in [0.05, 0.1) is 24.7 Å². The first-order valence-corrected chi connectivity index (χ1v) is 24.9. The zero-order valence-corrected chi connectivity index (χ0v) is 37.4. The molecule has 0 radical (unpaired) electrons. The van der Waals surface area contributed by atoms with Gasteiger partial charge in [-0.25, -0.2) is 9.78 Å². The van der Waals surface area contributed by atoms with Crippen molar-refractivity contribution in [2.75, 3.05) is 107 Å². The Bertz CT molecular complexity index is 2240. The average molecular weight is 867 g/mol. The number of nitrogens with one attached hydrogen (secondary N) is 4. The molecule has 13 nitrogen and oxygen atoms in total. The van der Waals surface area contributed by atoms with E-state index in [2.05, 4.69) is 87.1 Å². The van der Waals surface area contributed by atoms with Gasteiger partial charge in [0.1, 0.15) is 23.6 Å². The summed E-state index contributed by atoms with van der Waals surface area (Å²) in [6.07, 6.45) is 8.36. The van der Waals surface area contributed by atoms with Crippen LogP contribution < -0.4 is 36.2 Å². The molecule has 0 spiro atoms. The van der Waals surface area contributed by atoms with Crippen LogP contribution in [0.25, 0.3) is 5.70 Å². The van der Waals surface area contributed by atoms with Gasteiger partial charge in [0.2, 0.25) is 5.95 Å². The first-order chi connectivity index (χ1) is 29.7. The van der Waals surface area contributed by atoms with Crippen LogP contribution in [0.1, 0.15) is 49.7 Å². The van der Waals surface area contributed by atoms with Crippen LogP contribution in [0.4, 0.5) is 34.5 Å². The van der Waals surface area contributed by atoms with Gasteiger partial charge >= 0.3 is 0 Å². The number of hydrogen-bond acceptors (Lipinski definition) is 13. The fraction of sp³-hybridized carbons (Fsp3) is 0.478. The summed E-state index contributed by atoms with van der Waals surface area (Å²) in [7, 11) is -0.858. The van der Waals surface area contributed by atoms with Crippen LogP contribution in [0.15, 0.2) is 66.9 Å². The minimum absolute atomic E-state index is 0.352. The molecule has 1 aromatic heterocycles. The first-order valence-electron chi connectivity index (χ1n) is 21.9. The maximum absolute atomic E-state index is 12.9. The third-order valence-corrected chi connectivity index (χ3v) is 14.6. The van der Waals surface area contributed by atoms with E-state index >= 15 is 0 Å². The number of fused-ring (bicyclic) bond motifs is 1. The van der Waals surface area contributed by atoms with Crippen LogP contribution in [-0.4, -0.2) is 129 Å². The normalized spacial score (nSPS) is 19.1. The summed E-state index contributed by atoms with van der Waals surface area (Å²) in [5.74, 6) is 3.76. The Morgan fingerprint density at radius 2 is 1.72 bits per heavy atom. The monoisotopic (exact) mass is 866 g/mol. The number of halogens is 1. The molecule has 15 heteroatoms. The summed E-state index contributed by atoms with van der Waals surface area (Å²) in [5.41, 5.74) is 6.74. The van der Waals surface area contributed by atoms with E-state index in [1.807, 2.05) is 30.3 Å². The molecule has 5 heterocycles. The zero-order chi connectivity index (χ0) is 42.3. The Kier molecular flexibility index (Phi) is 13.8. The van der Waals surface area contributed by atoms with E-state index in [0.29, 0.717) is 40.3 Å². The quantitative estimate of drug-likeness (QED) is 0.0552. The molecular formula is C46H60ClN10O3P. The fourth-order valence-electron chi connectivity index (χ4n) is 9.39. The van der Waals surface area contributed by atoms with Gasteiger partial charge in [0.15, 0.2) is 11.8 Å². The maximum Gasteiger partial charge on any atom is 0.229 e. The number of piperidine rings is 2. The van der Waals surface area contributed by atoms with Crippen LogP contribution in [0.2, 0.25) is 5.02 Å². The highest BCUT2D eigenvalue weighted by atomic mass is 35.5. The van der Waals surface area contributed by atoms with E-state index < -0.39 is 7.14 Å². The van der Waals surface area contributed by atoms with E-state index in [-0.39, 0.29) is 0 Å². The zero-order valence-electron chi connectivity index (χ0n) is 35.8. The van der Waals surface area contributed by atoms with Crippen LogP contribution >= 0.6 is 18.7 Å². The summed E-state index contributed by atoms with van der Waals surface area (Å²) >= 11 is 6.50. The van der Waals surface area contributed by atoms with Crippen LogP contribution in [-0.2, 0) is 15.9 Å². The van der Waals surface area contributed by atoms with Crippen molar-refractivity contribution in [3.8, 4) is 5.75 Å². The molecule has 4 aromatic rings. The van der Waals surface area contributed by atoms with Crippen molar-refractivity contribution >= 4 is 70.2 Å². The van der Waals surface area contributed by atoms with Crippen molar-refractivity contribution in [1.29, 1.82) is 0 Å². The van der Waals surface area contributed by atoms with Crippen molar-refractivity contribution in [3.05, 3.63) is 83.0 Å². The number of methoxy groups -OCH3 is 1. The molecule has 3 aromatic carbocycles. The second kappa shape index (κ2) is 19.6. The summed E-state index contributed by atoms with van der Waals surface area (Å²) in [6.45, 7) is 14.8. The number of hydrogen-bond donors (Lipinski definition) is 4. The number of para-hydroxylation sites is 1. The molecule has 1 atom stereocenters. The fourth-order valence-corrected chi connectivity index (χ4v) is 10.7. The second-order valence-electron chi connectivity index (χ2n) is 17.0. The predicted octanol–water partition coefficient (Wildman–Crippen LogP) is 7.09. The lowest BCUT2D eigenvalue weighted by Crippen LogP contribution is -2.53. The lowest BCUT2D eigenvalue weighted by atomic mass is 10.0. The highest BCUT2D eigenvalue weighted by Crippen LogP contribution is 2.40. The van der Waals surface area contributed by atoms with Crippen molar-refractivity contribution in [3.63, 3.8) is 0 Å². The van der Waals surface area contributed by atoms with Crippen LogP contribution in [0.3, 0.4) is 0 Å². The maximum atomic E-state index is 12.9. The number of aromatic nitrogens is 2. The van der Waals surface area contributed by atoms with Gasteiger partial charge in [0.25, 0.3) is 0 Å². The molecule has 0 bridgehead atoms. The minimum Gasteiger partial charge on any atom is -0.494 e. The molecule has 1 unspecified atom stereocenters. The molecular weight excluding hydrogens is 807 g/mol. The van der Waals surface area contributed by atoms with E-state index in [1.165, 1.54) is 12.0 Å². The summed E-state index contributed by atoms with van der Waals surface area (Å²) in [6, 6.07) is 21.0. The third-order valence-electron chi connectivity index (χ3n) is 12.7. The highest BCUT2D eigenvalue weighted by Gasteiger charge is 2.33. The van der Waals surface area contributed by atoms with Crippen molar-refractivity contribution in [2.45, 2.75) is 57.2 Å². The molecule has 3 saturated heterocycles. The van der Waals surface area contributed by atoms with Crippen molar-refractivity contribution in [1.82, 2.24) is 30.0 Å². The second-order valence-corrected chi connectivity index (χ2v) is 20.6. The van der Waals surface area contributed by atoms with E-state index in [9.17, 15) is 9.36 Å². The van der Waals surface area contributed by atoms with Crippen molar-refractivity contribution < 1.29 is 14.1 Å². The van der Waals surface area contributed by atoms with Crippen LogP contribution in [0, 0.1) is 0 Å². The molecule has 4 aliphatic rings. The predicted molar refractivity (Wildman–Crippen MR) is 250 cm³/mol. The van der Waals surface area contributed by atoms with E-state index in [0.717, 1.165) is 138 Å². The first kappa shape index (κ1) is 43.1. The van der Waals surface area contributed by atoms with Gasteiger partial charge in [-0.1, -0.05) is 35.9 Å². The Morgan fingerprint density at radius 3 is 2.48 bits per heavy atom. The molecule has 3 fully saturated rings. The number of carbonyl (C=O) groups excluding carboxylic acids is 1. The van der Waals surface area contributed by atoms with Gasteiger partial charge < -0.3 is 45.3 Å². The topological polar surface area (TPSA) is 130 Å². The molecule has 4 N–H and O–H groups in total. The average Bonchev–Trinajstić information content (AvgIpc) is 3.67. The third kappa shape index (κ3) is 10.2. The summed E-state index contributed by atoms with van der Waals surface area (Å²) < 4.78 is 18.8. The van der Waals surface area contributed by atoms with Gasteiger partial charge in [0, 0.05) is 105 Å². The summed E-state index contributed by atoms with van der Waals surface area (Å²) in [4.78, 5) is 31.2. The minimum atomic E-state index is -2.53. The largest absolute Gasteiger partial charge is 0.494 e. The van der Waals surface area contributed by atoms with Gasteiger partial charge in [-0.2, -0.15) is 4.98 Å². The highest BCUT2D eigenvalue weighted by molar-refractivity contribution is 7.70. The Hall–Kier alpha value is -4.61. The molecule has 61 heavy (non-hydrogen) atoms. The van der Waals surface area contributed by atoms with Gasteiger partial charge in [-0.15, -0.1) is 0 Å². The lowest BCUT2D eigenvalue weighted by molar-refractivity contribution is 0.0841. The number of rotatable bonds is 15. The number of nitrogens with zero attached hydrogens (tertiary/aromatic N) is 6. The molecule has 0 saturated carbocycles. The molecule has 4 aliphatic heterocycles. The van der Waals surface area contributed by atoms with E-state index in [1.54, 1.807) is 26.6 Å². The Morgan fingerprint density at radius 1 is 0.918 bits per heavy atom. The molecule has 0 amide bonds. The molecule has 0 aliphatic carbocycles. The number of piperazine rings is 1. The lowest BCUT2D eigenvalue weighted by Gasteiger charge is -2.43. The molecule has 8 rings (SSSR count). The summed E-state index contributed by atoms with van der Waals surface area (Å²) in [5, 5.41) is 14.9. The molecule has 324 valence electrons. The van der Waals surface area contributed by atoms with Gasteiger partial charge in [-0.05, 0) is 95.3 Å². The van der Waals surface area contributed by atoms with E-state index in [4.69, 9.17) is 16.3 Å². The standard InChI is InChI=1S/C46H60ClN10O3P/c1-60-43-28-34(15-16-40(43)52-46-50-30-38(47)45(53-46)51-41-12-4-5-14-44(41)61(2,3)59)55-22-17-33(18-23-55)56-26-24-54(25-27-56)21-7-6-20-49-39-13-8-11-36-37(39)31-57(42(36)32-58)35-10-9-19-48-29-35/h4-5,8,11-16,28,30,33,35,48-49H,6-7,9-10,17-27,29,31H2,1-3H3,(H2,50,51,52,53). The number of unbranched alkanes of at least 4 members (excludes halogenated alkanes) is 1. The Balaban J connectivity index is 0.768. The van der Waals surface area contributed by atoms with Crippen LogP contribution in [0.5, 0.6) is 5.75 Å². The smallest absolute Gasteiger partial charge is 0.229 e. The number of ether oxygens (including phenoxy) is 1. The number of benzene rings is 3. The SMILES string of the molecule is COc1cc(N2CCC(N3CCN(CCCCNc4cccc5c4CN(C4CCCNC4)C5=C=O)CC3)CC2)ccc1Nc1ncc(Cl)c(Nc2ccccc2P(C)(C)=O)n1. The Labute approximate surface area is 365 Å².